The molecule has 0 N–H and O–H groups in total. The number of Topliss-reactive ketones (excluding diaryl/α,β-unsaturated/α-hetero) is 1. The lowest BCUT2D eigenvalue weighted by molar-refractivity contribution is -0.127. The van der Waals surface area contributed by atoms with Gasteiger partial charge in [0.25, 0.3) is 0 Å². The topological polar surface area (TPSA) is 57.7 Å². The molecule has 0 spiro atoms. The fourth-order valence-corrected chi connectivity index (χ4v) is 4.16. The summed E-state index contributed by atoms with van der Waals surface area (Å²) in [6, 6.07) is 17.1. The molecule has 2 aromatic carbocycles. The summed E-state index contributed by atoms with van der Waals surface area (Å²) in [6.07, 6.45) is 6.32. The van der Waals surface area contributed by atoms with Crippen molar-refractivity contribution in [2.24, 2.45) is 5.92 Å². The first kappa shape index (κ1) is 20.1. The minimum Gasteiger partial charge on any atom is -0.339 e. The molecule has 2 amide bonds. The Hall–Kier alpha value is -3.21. The molecular formula is C25H26N2O3. The van der Waals surface area contributed by atoms with Crippen LogP contribution >= 0.6 is 0 Å². The Morgan fingerprint density at radius 2 is 1.60 bits per heavy atom. The number of ketones is 1. The van der Waals surface area contributed by atoms with E-state index in [2.05, 4.69) is 0 Å². The molecule has 0 bridgehead atoms. The van der Waals surface area contributed by atoms with Crippen LogP contribution in [0.25, 0.3) is 6.08 Å². The van der Waals surface area contributed by atoms with Gasteiger partial charge in [-0.15, -0.1) is 0 Å². The first-order valence-corrected chi connectivity index (χ1v) is 10.6. The predicted octanol–water partition coefficient (Wildman–Crippen LogP) is 3.95. The van der Waals surface area contributed by atoms with Gasteiger partial charge in [0.2, 0.25) is 11.8 Å². The highest BCUT2D eigenvalue weighted by Crippen LogP contribution is 2.23. The van der Waals surface area contributed by atoms with Gasteiger partial charge in [-0.3, -0.25) is 14.4 Å². The lowest BCUT2D eigenvalue weighted by Crippen LogP contribution is -2.39. The Balaban J connectivity index is 1.30. The average molecular weight is 402 g/mol. The molecule has 2 heterocycles. The second kappa shape index (κ2) is 9.08. The zero-order valence-electron chi connectivity index (χ0n) is 17.0. The van der Waals surface area contributed by atoms with Crippen molar-refractivity contribution in [3.63, 3.8) is 0 Å². The van der Waals surface area contributed by atoms with Crippen LogP contribution in [0.1, 0.15) is 41.6 Å². The van der Waals surface area contributed by atoms with Crippen LogP contribution in [0.3, 0.4) is 0 Å². The van der Waals surface area contributed by atoms with E-state index in [4.69, 9.17) is 0 Å². The molecular weight excluding hydrogens is 376 g/mol. The molecule has 5 heteroatoms. The number of anilines is 1. The summed E-state index contributed by atoms with van der Waals surface area (Å²) in [6.45, 7) is 1.97. The third-order valence-corrected chi connectivity index (χ3v) is 5.93. The first-order valence-electron chi connectivity index (χ1n) is 10.6. The van der Waals surface area contributed by atoms with Crippen LogP contribution in [0.15, 0.2) is 60.7 Å². The third kappa shape index (κ3) is 4.51. The van der Waals surface area contributed by atoms with E-state index in [1.54, 1.807) is 17.1 Å². The Kier molecular flexibility index (Phi) is 6.07. The standard InChI is InChI=1S/C25H26N2O3/c28-23(13-10-19-8-11-22(12-9-19)27-16-4-7-24(27)29)26-17-14-21(15-18-26)25(30)20-5-2-1-3-6-20/h1-3,5-6,8-13,21H,4,7,14-18H2/b13-10+. The molecule has 2 fully saturated rings. The number of rotatable bonds is 5. The van der Waals surface area contributed by atoms with Crippen LogP contribution in [0, 0.1) is 5.92 Å². The SMILES string of the molecule is O=C(c1ccccc1)C1CCN(C(=O)/C=C/c2ccc(N3CCCC3=O)cc2)CC1. The van der Waals surface area contributed by atoms with E-state index in [1.807, 2.05) is 59.5 Å². The third-order valence-electron chi connectivity index (χ3n) is 5.93. The number of hydrogen-bond donors (Lipinski definition) is 0. The minimum atomic E-state index is -0.0283. The van der Waals surface area contributed by atoms with E-state index in [0.717, 1.165) is 29.8 Å². The van der Waals surface area contributed by atoms with Crippen LogP contribution in [0.4, 0.5) is 5.69 Å². The molecule has 2 saturated heterocycles. The second-order valence-electron chi connectivity index (χ2n) is 7.90. The average Bonchev–Trinajstić information content (AvgIpc) is 3.24. The smallest absolute Gasteiger partial charge is 0.246 e. The number of nitrogens with zero attached hydrogens (tertiary/aromatic N) is 2. The monoisotopic (exact) mass is 402 g/mol. The fourth-order valence-electron chi connectivity index (χ4n) is 4.16. The molecule has 5 nitrogen and oxygen atoms in total. The molecule has 30 heavy (non-hydrogen) atoms. The van der Waals surface area contributed by atoms with E-state index < -0.39 is 0 Å². The number of carbonyl (C=O) groups excluding carboxylic acids is 3. The van der Waals surface area contributed by atoms with Crippen molar-refractivity contribution >= 4 is 29.4 Å². The van der Waals surface area contributed by atoms with Crippen LogP contribution < -0.4 is 4.90 Å². The normalized spacial score (nSPS) is 17.7. The highest BCUT2D eigenvalue weighted by atomic mass is 16.2. The highest BCUT2D eigenvalue weighted by molar-refractivity contribution is 5.98. The van der Waals surface area contributed by atoms with Crippen molar-refractivity contribution in [1.29, 1.82) is 0 Å². The van der Waals surface area contributed by atoms with Crippen molar-refractivity contribution in [3.05, 3.63) is 71.8 Å². The van der Waals surface area contributed by atoms with E-state index in [9.17, 15) is 14.4 Å². The van der Waals surface area contributed by atoms with Gasteiger partial charge in [0.1, 0.15) is 0 Å². The highest BCUT2D eigenvalue weighted by Gasteiger charge is 2.27. The van der Waals surface area contributed by atoms with Gasteiger partial charge >= 0.3 is 0 Å². The molecule has 0 aromatic heterocycles. The lowest BCUT2D eigenvalue weighted by atomic mass is 9.89. The summed E-state index contributed by atoms with van der Waals surface area (Å²) in [5.74, 6) is 0.304. The Bertz CT molecular complexity index is 942. The number of piperidine rings is 1. The molecule has 4 rings (SSSR count). The van der Waals surface area contributed by atoms with Gasteiger partial charge in [-0.2, -0.15) is 0 Å². The van der Waals surface area contributed by atoms with Gasteiger partial charge < -0.3 is 9.80 Å². The van der Waals surface area contributed by atoms with Crippen molar-refractivity contribution in [3.8, 4) is 0 Å². The summed E-state index contributed by atoms with van der Waals surface area (Å²) in [4.78, 5) is 40.6. The number of likely N-dealkylation sites (tertiary alicyclic amines) is 1. The number of amides is 2. The molecule has 0 unspecified atom stereocenters. The van der Waals surface area contributed by atoms with Crippen molar-refractivity contribution in [1.82, 2.24) is 4.90 Å². The number of hydrogen-bond acceptors (Lipinski definition) is 3. The number of carbonyl (C=O) groups is 3. The van der Waals surface area contributed by atoms with Gasteiger partial charge in [0.05, 0.1) is 0 Å². The van der Waals surface area contributed by atoms with Gasteiger partial charge in [0, 0.05) is 49.3 Å². The first-order chi connectivity index (χ1) is 14.6. The van der Waals surface area contributed by atoms with Gasteiger partial charge in [-0.25, -0.2) is 0 Å². The summed E-state index contributed by atoms with van der Waals surface area (Å²) in [7, 11) is 0. The van der Waals surface area contributed by atoms with Crippen molar-refractivity contribution < 1.29 is 14.4 Å². The predicted molar refractivity (Wildman–Crippen MR) is 117 cm³/mol. The minimum absolute atomic E-state index is 0.0127. The molecule has 2 aromatic rings. The maximum atomic E-state index is 12.6. The summed E-state index contributed by atoms with van der Waals surface area (Å²) in [5.41, 5.74) is 2.58. The Morgan fingerprint density at radius 1 is 0.900 bits per heavy atom. The lowest BCUT2D eigenvalue weighted by Gasteiger charge is -2.30. The Labute approximate surface area is 177 Å². The zero-order valence-corrected chi connectivity index (χ0v) is 17.0. The van der Waals surface area contributed by atoms with E-state index in [0.29, 0.717) is 32.4 Å². The van der Waals surface area contributed by atoms with E-state index >= 15 is 0 Å². The van der Waals surface area contributed by atoms with E-state index in [-0.39, 0.29) is 23.5 Å². The quantitative estimate of drug-likeness (QED) is 0.562. The van der Waals surface area contributed by atoms with Crippen LogP contribution in [-0.2, 0) is 9.59 Å². The van der Waals surface area contributed by atoms with Crippen LogP contribution in [-0.4, -0.2) is 42.1 Å². The summed E-state index contributed by atoms with van der Waals surface area (Å²) < 4.78 is 0. The molecule has 0 aliphatic carbocycles. The molecule has 2 aliphatic heterocycles. The molecule has 0 atom stereocenters. The zero-order chi connectivity index (χ0) is 20.9. The van der Waals surface area contributed by atoms with Gasteiger partial charge in [-0.05, 0) is 43.0 Å². The van der Waals surface area contributed by atoms with Crippen molar-refractivity contribution in [2.45, 2.75) is 25.7 Å². The summed E-state index contributed by atoms with van der Waals surface area (Å²) in [5, 5.41) is 0. The van der Waals surface area contributed by atoms with Gasteiger partial charge in [-0.1, -0.05) is 42.5 Å². The van der Waals surface area contributed by atoms with Gasteiger partial charge in [0.15, 0.2) is 5.78 Å². The molecule has 0 saturated carbocycles. The van der Waals surface area contributed by atoms with Crippen molar-refractivity contribution in [2.75, 3.05) is 24.5 Å². The molecule has 2 aliphatic rings. The summed E-state index contributed by atoms with van der Waals surface area (Å²) >= 11 is 0. The van der Waals surface area contributed by atoms with Crippen LogP contribution in [0.5, 0.6) is 0 Å². The maximum absolute atomic E-state index is 12.6. The fraction of sp³-hybridized carbons (Fsp3) is 0.320. The Morgan fingerprint density at radius 3 is 2.23 bits per heavy atom. The van der Waals surface area contributed by atoms with Crippen LogP contribution in [0.2, 0.25) is 0 Å². The maximum Gasteiger partial charge on any atom is 0.246 e. The molecule has 0 radical (unpaired) electrons. The molecule has 154 valence electrons. The largest absolute Gasteiger partial charge is 0.339 e. The van der Waals surface area contributed by atoms with E-state index in [1.165, 1.54) is 0 Å². The second-order valence-corrected chi connectivity index (χ2v) is 7.90. The number of benzene rings is 2.